The van der Waals surface area contributed by atoms with Gasteiger partial charge in [0.2, 0.25) is 5.91 Å². The largest absolute Gasteiger partial charge is 1.00 e. The summed E-state index contributed by atoms with van der Waals surface area (Å²) in [5.74, 6) is -1.24. The first-order chi connectivity index (χ1) is 15.0. The minimum Gasteiger partial charge on any atom is -1.00 e. The van der Waals surface area contributed by atoms with Gasteiger partial charge in [-0.05, 0) is 44.9 Å². The summed E-state index contributed by atoms with van der Waals surface area (Å²) in [5, 5.41) is 11.8. The molecule has 0 fully saturated rings. The number of guanidine groups is 1. The molecule has 0 aromatic rings. The Morgan fingerprint density at radius 2 is 1.44 bits per heavy atom. The van der Waals surface area contributed by atoms with Crippen LogP contribution in [0.5, 0.6) is 0 Å². The van der Waals surface area contributed by atoms with Crippen LogP contribution in [0.1, 0.15) is 111 Å². The molecule has 0 bridgehead atoms. The van der Waals surface area contributed by atoms with Crippen LogP contribution in [-0.4, -0.2) is 35.5 Å². The third-order valence-corrected chi connectivity index (χ3v) is 5.24. The number of aliphatic imine (C=N–C) groups is 1. The fourth-order valence-corrected chi connectivity index (χ4v) is 3.38. The molecule has 0 heterocycles. The summed E-state index contributed by atoms with van der Waals surface area (Å²) in [6.07, 6.45) is 21.5. The molecule has 0 rings (SSSR count). The first-order valence-electron chi connectivity index (χ1n) is 12.2. The van der Waals surface area contributed by atoms with Crippen LogP contribution in [0, 0.1) is 0 Å². The second-order valence-corrected chi connectivity index (χ2v) is 8.24. The van der Waals surface area contributed by atoms with E-state index in [2.05, 4.69) is 29.4 Å². The molecule has 0 aliphatic heterocycles. The number of hydrogen-bond acceptors (Lipinski definition) is 3. The van der Waals surface area contributed by atoms with E-state index in [1.165, 1.54) is 57.8 Å². The first-order valence-corrected chi connectivity index (χ1v) is 12.2. The van der Waals surface area contributed by atoms with Crippen LogP contribution in [0.4, 0.5) is 0 Å². The Bertz CT molecular complexity index is 530. The summed E-state index contributed by atoms with van der Waals surface area (Å²) < 4.78 is 0. The molecule has 1 amide bonds. The number of carboxylic acids is 1. The maximum absolute atomic E-state index is 12.0. The number of carbonyl (C=O) groups is 2. The SMILES string of the molecule is CCCCCCCC/C=C\CCCCCCCC(=O)NC(CCCN=C(N)N)C(=O)O.[H-].[Na+]. The number of aliphatic carboxylic acids is 1. The Balaban J connectivity index is -0.00000450. The van der Waals surface area contributed by atoms with Gasteiger partial charge < -0.3 is 23.3 Å². The second-order valence-electron chi connectivity index (χ2n) is 8.24. The number of nitrogens with two attached hydrogens (primary N) is 2. The zero-order chi connectivity index (χ0) is 23.2. The number of carboxylic acid groups (broad SMARTS) is 1. The van der Waals surface area contributed by atoms with Gasteiger partial charge in [-0.2, -0.15) is 0 Å². The Morgan fingerprint density at radius 1 is 0.906 bits per heavy atom. The normalized spacial score (nSPS) is 11.7. The van der Waals surface area contributed by atoms with Crippen molar-refractivity contribution in [3.8, 4) is 0 Å². The molecule has 0 aromatic heterocycles. The molecule has 8 heteroatoms. The third kappa shape index (κ3) is 23.6. The van der Waals surface area contributed by atoms with Gasteiger partial charge in [0.25, 0.3) is 0 Å². The van der Waals surface area contributed by atoms with Gasteiger partial charge in [-0.3, -0.25) is 9.79 Å². The van der Waals surface area contributed by atoms with E-state index < -0.39 is 12.0 Å². The molecule has 6 N–H and O–H groups in total. The summed E-state index contributed by atoms with van der Waals surface area (Å²) >= 11 is 0. The Morgan fingerprint density at radius 3 is 1.97 bits per heavy atom. The smallest absolute Gasteiger partial charge is 1.00 e. The number of rotatable bonds is 21. The number of hydrogen-bond donors (Lipinski definition) is 4. The van der Waals surface area contributed by atoms with Gasteiger partial charge in [0.05, 0.1) is 0 Å². The van der Waals surface area contributed by atoms with Crippen LogP contribution in [-0.2, 0) is 9.59 Å². The van der Waals surface area contributed by atoms with Crippen LogP contribution in [0.25, 0.3) is 0 Å². The number of allylic oxidation sites excluding steroid dienone is 2. The van der Waals surface area contributed by atoms with E-state index in [0.29, 0.717) is 25.8 Å². The molecular weight excluding hydrogens is 415 g/mol. The van der Waals surface area contributed by atoms with Crippen molar-refractivity contribution >= 4 is 17.8 Å². The maximum atomic E-state index is 12.0. The van der Waals surface area contributed by atoms with Crippen molar-refractivity contribution in [3.05, 3.63) is 12.2 Å². The monoisotopic (exact) mass is 462 g/mol. The molecule has 1 atom stereocenters. The molecule has 182 valence electrons. The summed E-state index contributed by atoms with van der Waals surface area (Å²) in [4.78, 5) is 27.1. The molecule has 7 nitrogen and oxygen atoms in total. The molecule has 0 aliphatic carbocycles. The van der Waals surface area contributed by atoms with Gasteiger partial charge in [0.15, 0.2) is 5.96 Å². The van der Waals surface area contributed by atoms with E-state index in [4.69, 9.17) is 11.5 Å². The average Bonchev–Trinajstić information content (AvgIpc) is 2.72. The summed E-state index contributed by atoms with van der Waals surface area (Å²) in [6, 6.07) is -0.884. The number of carbonyl (C=O) groups excluding carboxylic acids is 1. The topological polar surface area (TPSA) is 131 Å². The molecule has 32 heavy (non-hydrogen) atoms. The fourth-order valence-electron chi connectivity index (χ4n) is 3.38. The number of nitrogens with zero attached hydrogens (tertiary/aromatic N) is 1. The van der Waals surface area contributed by atoms with Gasteiger partial charge in [-0.1, -0.05) is 70.4 Å². The van der Waals surface area contributed by atoms with E-state index in [-0.39, 0.29) is 42.9 Å². The van der Waals surface area contributed by atoms with Crippen LogP contribution in [0.15, 0.2) is 17.1 Å². The number of unbranched alkanes of at least 4 members (excludes halogenated alkanes) is 11. The van der Waals surface area contributed by atoms with Gasteiger partial charge >= 0.3 is 35.5 Å². The number of nitrogens with one attached hydrogen (secondary N) is 1. The second kappa shape index (κ2) is 24.6. The van der Waals surface area contributed by atoms with Crippen molar-refractivity contribution in [1.82, 2.24) is 5.32 Å². The van der Waals surface area contributed by atoms with Gasteiger partial charge in [-0.25, -0.2) is 4.79 Å². The van der Waals surface area contributed by atoms with Crippen molar-refractivity contribution < 1.29 is 45.7 Å². The van der Waals surface area contributed by atoms with Gasteiger partial charge in [-0.15, -0.1) is 0 Å². The molecule has 0 radical (unpaired) electrons. The van der Waals surface area contributed by atoms with Crippen LogP contribution >= 0.6 is 0 Å². The van der Waals surface area contributed by atoms with Crippen LogP contribution < -0.4 is 46.3 Å². The zero-order valence-electron chi connectivity index (χ0n) is 21.6. The summed E-state index contributed by atoms with van der Waals surface area (Å²) in [5.41, 5.74) is 10.5. The molecule has 0 aliphatic rings. The standard InChI is InChI=1S/C24H46N4O3.Na.H/c1-2-3-4-5-6-7-8-9-10-11-12-13-14-15-16-19-22(29)28-21(23(30)31)18-17-20-27-24(25)26;;/h9-10,21H,2-8,11-20H2,1H3,(H,28,29)(H,30,31)(H4,25,26,27);;/q;+1;-1/b10-9-;;. The van der Waals surface area contributed by atoms with E-state index in [0.717, 1.165) is 25.7 Å². The first kappa shape index (κ1) is 33.1. The predicted molar refractivity (Wildman–Crippen MR) is 130 cm³/mol. The van der Waals surface area contributed by atoms with Gasteiger partial charge in [0, 0.05) is 13.0 Å². The number of amides is 1. The fraction of sp³-hybridized carbons (Fsp3) is 0.792. The minimum atomic E-state index is -1.03. The molecule has 1 unspecified atom stereocenters. The quantitative estimate of drug-likeness (QED) is 0.0679. The minimum absolute atomic E-state index is 0. The van der Waals surface area contributed by atoms with Crippen LogP contribution in [0.2, 0.25) is 0 Å². The summed E-state index contributed by atoms with van der Waals surface area (Å²) in [6.45, 7) is 2.61. The van der Waals surface area contributed by atoms with E-state index >= 15 is 0 Å². The maximum Gasteiger partial charge on any atom is 1.00 e. The van der Waals surface area contributed by atoms with Crippen LogP contribution in [0.3, 0.4) is 0 Å². The molecule has 0 saturated carbocycles. The van der Waals surface area contributed by atoms with Crippen molar-refractivity contribution in [2.75, 3.05) is 6.54 Å². The van der Waals surface area contributed by atoms with Crippen molar-refractivity contribution in [2.24, 2.45) is 16.5 Å². The predicted octanol–water partition coefficient (Wildman–Crippen LogP) is 1.76. The Kier molecular flexibility index (Phi) is 25.5. The zero-order valence-corrected chi connectivity index (χ0v) is 22.6. The van der Waals surface area contributed by atoms with Crippen molar-refractivity contribution in [1.29, 1.82) is 0 Å². The molecular formula is C24H47N4NaO3. The third-order valence-electron chi connectivity index (χ3n) is 5.24. The van der Waals surface area contributed by atoms with E-state index in [1.807, 2.05) is 0 Å². The van der Waals surface area contributed by atoms with Gasteiger partial charge in [0.1, 0.15) is 6.04 Å². The molecule has 0 saturated heterocycles. The van der Waals surface area contributed by atoms with E-state index in [1.54, 1.807) is 0 Å². The Hall–Kier alpha value is -1.05. The van der Waals surface area contributed by atoms with Crippen molar-refractivity contribution in [2.45, 2.75) is 116 Å². The molecule has 0 spiro atoms. The van der Waals surface area contributed by atoms with E-state index in [9.17, 15) is 14.7 Å². The molecule has 0 aromatic carbocycles. The summed E-state index contributed by atoms with van der Waals surface area (Å²) in [7, 11) is 0. The van der Waals surface area contributed by atoms with Crippen molar-refractivity contribution in [3.63, 3.8) is 0 Å². The Labute approximate surface area is 219 Å². The average molecular weight is 463 g/mol.